The number of nitrogens with one attached hydrogen (secondary N) is 1. The third-order valence-electron chi connectivity index (χ3n) is 5.23. The van der Waals surface area contributed by atoms with Crippen LogP contribution in [-0.2, 0) is 11.2 Å². The summed E-state index contributed by atoms with van der Waals surface area (Å²) in [6, 6.07) is 9.41. The van der Waals surface area contributed by atoms with Crippen LogP contribution in [0.3, 0.4) is 0 Å². The summed E-state index contributed by atoms with van der Waals surface area (Å²) < 4.78 is 5.51. The maximum Gasteiger partial charge on any atom is 0.0471 e. The minimum atomic E-state index is 0.311. The molecule has 1 N–H and O–H groups in total. The monoisotopic (exact) mass is 273 g/mol. The molecule has 0 aromatic heterocycles. The molecule has 2 aliphatic rings. The molecular weight excluding hydrogens is 246 g/mol. The zero-order valence-corrected chi connectivity index (χ0v) is 13.0. The van der Waals surface area contributed by atoms with Gasteiger partial charge in [-0.15, -0.1) is 0 Å². The topological polar surface area (TPSA) is 21.3 Å². The molecule has 3 rings (SSSR count). The molecule has 1 fully saturated rings. The molecule has 0 radical (unpaired) electrons. The molecule has 0 amide bonds. The highest BCUT2D eigenvalue weighted by Crippen LogP contribution is 2.45. The van der Waals surface area contributed by atoms with E-state index in [4.69, 9.17) is 4.74 Å². The van der Waals surface area contributed by atoms with Crippen molar-refractivity contribution in [2.75, 3.05) is 19.8 Å². The Balaban J connectivity index is 1.73. The van der Waals surface area contributed by atoms with Gasteiger partial charge < -0.3 is 10.1 Å². The molecule has 1 heterocycles. The van der Waals surface area contributed by atoms with Crippen molar-refractivity contribution in [3.8, 4) is 0 Å². The quantitative estimate of drug-likeness (QED) is 0.906. The van der Waals surface area contributed by atoms with Crippen LogP contribution in [0.5, 0.6) is 0 Å². The summed E-state index contributed by atoms with van der Waals surface area (Å²) >= 11 is 0. The van der Waals surface area contributed by atoms with Crippen molar-refractivity contribution in [3.63, 3.8) is 0 Å². The molecule has 0 bridgehead atoms. The summed E-state index contributed by atoms with van der Waals surface area (Å²) in [5, 5.41) is 3.88. The van der Waals surface area contributed by atoms with Crippen LogP contribution in [0.25, 0.3) is 0 Å². The lowest BCUT2D eigenvalue weighted by molar-refractivity contribution is 0.0209. The van der Waals surface area contributed by atoms with Gasteiger partial charge in [-0.1, -0.05) is 45.0 Å². The molecule has 1 aliphatic carbocycles. The third-order valence-corrected chi connectivity index (χ3v) is 5.23. The molecule has 0 saturated carbocycles. The van der Waals surface area contributed by atoms with Crippen LogP contribution in [0, 0.1) is 10.8 Å². The summed E-state index contributed by atoms with van der Waals surface area (Å²) in [6.45, 7) is 10.1. The van der Waals surface area contributed by atoms with Gasteiger partial charge in [0, 0.05) is 25.8 Å². The lowest BCUT2D eigenvalue weighted by Crippen LogP contribution is -2.41. The average Bonchev–Trinajstić information content (AvgIpc) is 2.67. The van der Waals surface area contributed by atoms with Gasteiger partial charge in [-0.2, -0.15) is 0 Å². The first kappa shape index (κ1) is 14.1. The second kappa shape index (κ2) is 5.16. The van der Waals surface area contributed by atoms with Gasteiger partial charge in [-0.25, -0.2) is 0 Å². The predicted octanol–water partition coefficient (Wildman–Crippen LogP) is 3.72. The number of rotatable bonds is 3. The van der Waals surface area contributed by atoms with Gasteiger partial charge in [0.15, 0.2) is 0 Å². The van der Waals surface area contributed by atoms with Crippen LogP contribution in [0.4, 0.5) is 0 Å². The van der Waals surface area contributed by atoms with E-state index in [1.54, 1.807) is 0 Å². The Kier molecular flexibility index (Phi) is 3.64. The van der Waals surface area contributed by atoms with Crippen LogP contribution in [0.15, 0.2) is 24.3 Å². The van der Waals surface area contributed by atoms with Crippen LogP contribution in [-0.4, -0.2) is 19.8 Å². The highest BCUT2D eigenvalue weighted by atomic mass is 16.5. The smallest absolute Gasteiger partial charge is 0.0471 e. The van der Waals surface area contributed by atoms with E-state index in [9.17, 15) is 0 Å². The first-order valence-corrected chi connectivity index (χ1v) is 7.89. The summed E-state index contributed by atoms with van der Waals surface area (Å²) in [7, 11) is 0. The molecule has 110 valence electrons. The SMILES string of the molecule is CC1(CNC2c3ccccc3CC2(C)C)CCOCC1. The van der Waals surface area contributed by atoms with Gasteiger partial charge in [-0.3, -0.25) is 0 Å². The number of benzene rings is 1. The van der Waals surface area contributed by atoms with E-state index in [0.717, 1.165) is 19.8 Å². The van der Waals surface area contributed by atoms with E-state index >= 15 is 0 Å². The second-order valence-corrected chi connectivity index (χ2v) is 7.60. The van der Waals surface area contributed by atoms with E-state index in [1.165, 1.54) is 30.4 Å². The number of ether oxygens (including phenoxy) is 1. The normalized spacial score (nSPS) is 27.2. The Bertz CT molecular complexity index is 474. The van der Waals surface area contributed by atoms with E-state index < -0.39 is 0 Å². The van der Waals surface area contributed by atoms with Gasteiger partial charge in [0.05, 0.1) is 0 Å². The molecule has 2 nitrogen and oxygen atoms in total. The van der Waals surface area contributed by atoms with Crippen molar-refractivity contribution in [1.82, 2.24) is 5.32 Å². The van der Waals surface area contributed by atoms with Crippen LogP contribution in [0.2, 0.25) is 0 Å². The summed E-state index contributed by atoms with van der Waals surface area (Å²) in [5.41, 5.74) is 3.73. The van der Waals surface area contributed by atoms with E-state index in [-0.39, 0.29) is 0 Å². The fourth-order valence-electron chi connectivity index (χ4n) is 3.77. The molecule has 0 spiro atoms. The Labute approximate surface area is 122 Å². The number of hydrogen-bond donors (Lipinski definition) is 1. The maximum atomic E-state index is 5.51. The summed E-state index contributed by atoms with van der Waals surface area (Å²) in [4.78, 5) is 0. The Morgan fingerprint density at radius 2 is 1.85 bits per heavy atom. The van der Waals surface area contributed by atoms with Crippen molar-refractivity contribution in [2.24, 2.45) is 10.8 Å². The summed E-state index contributed by atoms with van der Waals surface area (Å²) in [5.74, 6) is 0. The van der Waals surface area contributed by atoms with Gasteiger partial charge in [0.25, 0.3) is 0 Å². The number of hydrogen-bond acceptors (Lipinski definition) is 2. The van der Waals surface area contributed by atoms with Crippen molar-refractivity contribution in [2.45, 2.75) is 46.1 Å². The molecule has 1 aromatic carbocycles. The highest BCUT2D eigenvalue weighted by Gasteiger charge is 2.39. The highest BCUT2D eigenvalue weighted by molar-refractivity contribution is 5.37. The van der Waals surface area contributed by atoms with Crippen LogP contribution in [0.1, 0.15) is 50.8 Å². The minimum Gasteiger partial charge on any atom is -0.381 e. The first-order valence-electron chi connectivity index (χ1n) is 7.89. The van der Waals surface area contributed by atoms with Gasteiger partial charge >= 0.3 is 0 Å². The van der Waals surface area contributed by atoms with Crippen LogP contribution >= 0.6 is 0 Å². The van der Waals surface area contributed by atoms with Gasteiger partial charge in [0.1, 0.15) is 0 Å². The predicted molar refractivity (Wildman–Crippen MR) is 82.8 cm³/mol. The van der Waals surface area contributed by atoms with Crippen molar-refractivity contribution in [3.05, 3.63) is 35.4 Å². The Morgan fingerprint density at radius 1 is 1.15 bits per heavy atom. The fourth-order valence-corrected chi connectivity index (χ4v) is 3.77. The molecule has 1 aliphatic heterocycles. The zero-order chi connectivity index (χ0) is 14.2. The Hall–Kier alpha value is -0.860. The fraction of sp³-hybridized carbons (Fsp3) is 0.667. The second-order valence-electron chi connectivity index (χ2n) is 7.60. The zero-order valence-electron chi connectivity index (χ0n) is 13.0. The summed E-state index contributed by atoms with van der Waals surface area (Å²) in [6.07, 6.45) is 3.53. The van der Waals surface area contributed by atoms with Gasteiger partial charge in [-0.05, 0) is 41.2 Å². The molecule has 1 aromatic rings. The standard InChI is InChI=1S/C18H27NO/c1-17(2)12-14-6-4-5-7-15(14)16(17)19-13-18(3)8-10-20-11-9-18/h4-7,16,19H,8-13H2,1-3H3. The van der Waals surface area contributed by atoms with E-state index in [0.29, 0.717) is 16.9 Å². The Morgan fingerprint density at radius 3 is 2.60 bits per heavy atom. The molecule has 1 atom stereocenters. The molecule has 1 saturated heterocycles. The third kappa shape index (κ3) is 2.64. The molecule has 1 unspecified atom stereocenters. The minimum absolute atomic E-state index is 0.311. The molecule has 2 heteroatoms. The largest absolute Gasteiger partial charge is 0.381 e. The van der Waals surface area contributed by atoms with Crippen molar-refractivity contribution in [1.29, 1.82) is 0 Å². The average molecular weight is 273 g/mol. The first-order chi connectivity index (χ1) is 9.50. The lowest BCUT2D eigenvalue weighted by Gasteiger charge is -2.37. The number of fused-ring (bicyclic) bond motifs is 1. The lowest BCUT2D eigenvalue weighted by atomic mass is 9.80. The van der Waals surface area contributed by atoms with Crippen molar-refractivity contribution >= 4 is 0 Å². The van der Waals surface area contributed by atoms with Crippen molar-refractivity contribution < 1.29 is 4.74 Å². The van der Waals surface area contributed by atoms with E-state index in [2.05, 4.69) is 50.4 Å². The molecular formula is C18H27NO. The van der Waals surface area contributed by atoms with Gasteiger partial charge in [0.2, 0.25) is 0 Å². The molecule has 20 heavy (non-hydrogen) atoms. The van der Waals surface area contributed by atoms with E-state index in [1.807, 2.05) is 0 Å². The maximum absolute atomic E-state index is 5.51. The van der Waals surface area contributed by atoms with Crippen LogP contribution < -0.4 is 5.32 Å².